The van der Waals surface area contributed by atoms with E-state index in [9.17, 15) is 0 Å². The van der Waals surface area contributed by atoms with Crippen LogP contribution < -0.4 is 5.73 Å². The predicted octanol–water partition coefficient (Wildman–Crippen LogP) is 3.12. The number of nitrogens with zero attached hydrogens (tertiary/aromatic N) is 1. The number of rotatable bonds is 7. The van der Waals surface area contributed by atoms with Gasteiger partial charge in [0.1, 0.15) is 0 Å². The van der Waals surface area contributed by atoms with E-state index < -0.39 is 0 Å². The highest BCUT2D eigenvalue weighted by Gasteiger charge is 2.28. The van der Waals surface area contributed by atoms with Crippen molar-refractivity contribution in [3.8, 4) is 0 Å². The average Bonchev–Trinajstić information content (AvgIpc) is 3.16. The zero-order valence-electron chi connectivity index (χ0n) is 11.7. The van der Waals surface area contributed by atoms with Gasteiger partial charge in [0.25, 0.3) is 0 Å². The summed E-state index contributed by atoms with van der Waals surface area (Å²) >= 11 is 0. The molecular weight excluding hydrogens is 220 g/mol. The molecule has 0 amide bonds. The summed E-state index contributed by atoms with van der Waals surface area (Å²) < 4.78 is 0. The minimum absolute atomic E-state index is 0.395. The van der Waals surface area contributed by atoms with Gasteiger partial charge in [-0.05, 0) is 49.8 Å². The van der Waals surface area contributed by atoms with E-state index in [0.29, 0.717) is 6.04 Å². The quantitative estimate of drug-likeness (QED) is 0.801. The highest BCUT2D eigenvalue weighted by molar-refractivity contribution is 5.29. The van der Waals surface area contributed by atoms with E-state index >= 15 is 0 Å². The molecule has 0 radical (unpaired) electrons. The summed E-state index contributed by atoms with van der Waals surface area (Å²) in [5.41, 5.74) is 8.84. The largest absolute Gasteiger partial charge is 0.329 e. The van der Waals surface area contributed by atoms with Crippen LogP contribution in [0.1, 0.15) is 43.4 Å². The first-order valence-electron chi connectivity index (χ1n) is 7.26. The van der Waals surface area contributed by atoms with Gasteiger partial charge in [-0.15, -0.1) is 0 Å². The summed E-state index contributed by atoms with van der Waals surface area (Å²) in [6.45, 7) is 7.55. The van der Waals surface area contributed by atoms with E-state index in [1.54, 1.807) is 0 Å². The van der Waals surface area contributed by atoms with E-state index in [1.165, 1.54) is 36.9 Å². The van der Waals surface area contributed by atoms with Crippen molar-refractivity contribution in [3.05, 3.63) is 35.4 Å². The molecule has 0 aliphatic heterocycles. The van der Waals surface area contributed by atoms with Gasteiger partial charge in [0.05, 0.1) is 0 Å². The molecule has 2 rings (SSSR count). The van der Waals surface area contributed by atoms with Crippen LogP contribution in [0.5, 0.6) is 0 Å². The zero-order chi connectivity index (χ0) is 13.0. The average molecular weight is 246 g/mol. The Morgan fingerprint density at radius 3 is 2.61 bits per heavy atom. The molecule has 1 aromatic rings. The maximum atomic E-state index is 6.06. The topological polar surface area (TPSA) is 29.3 Å². The first-order chi connectivity index (χ1) is 8.76. The van der Waals surface area contributed by atoms with Gasteiger partial charge in [-0.3, -0.25) is 4.90 Å². The van der Waals surface area contributed by atoms with Crippen molar-refractivity contribution in [1.29, 1.82) is 0 Å². The summed E-state index contributed by atoms with van der Waals surface area (Å²) in [5.74, 6) is 0.926. The van der Waals surface area contributed by atoms with Crippen LogP contribution in [-0.2, 0) is 0 Å². The summed E-state index contributed by atoms with van der Waals surface area (Å²) in [5, 5.41) is 0. The lowest BCUT2D eigenvalue weighted by Crippen LogP contribution is -2.36. The number of benzene rings is 1. The summed E-state index contributed by atoms with van der Waals surface area (Å²) in [6, 6.07) is 9.07. The van der Waals surface area contributed by atoms with Crippen LogP contribution in [0, 0.1) is 12.8 Å². The Hall–Kier alpha value is -0.860. The summed E-state index contributed by atoms with van der Waals surface area (Å²) in [7, 11) is 0. The zero-order valence-corrected chi connectivity index (χ0v) is 11.7. The molecule has 0 heterocycles. The van der Waals surface area contributed by atoms with Gasteiger partial charge in [-0.25, -0.2) is 0 Å². The monoisotopic (exact) mass is 246 g/mol. The van der Waals surface area contributed by atoms with E-state index in [0.717, 1.165) is 19.0 Å². The Balaban J connectivity index is 2.15. The Morgan fingerprint density at radius 2 is 2.06 bits per heavy atom. The van der Waals surface area contributed by atoms with Gasteiger partial charge in [0.15, 0.2) is 0 Å². The highest BCUT2D eigenvalue weighted by atomic mass is 15.2. The SMILES string of the molecule is CCCN(CC1CC1)C(CN)c1ccccc1C. The number of nitrogens with two attached hydrogens (primary N) is 1. The van der Waals surface area contributed by atoms with E-state index in [1.807, 2.05) is 0 Å². The van der Waals surface area contributed by atoms with Gasteiger partial charge in [-0.1, -0.05) is 31.2 Å². The number of aryl methyl sites for hydroxylation is 1. The van der Waals surface area contributed by atoms with E-state index in [4.69, 9.17) is 5.73 Å². The number of hydrogen-bond acceptors (Lipinski definition) is 2. The molecule has 18 heavy (non-hydrogen) atoms. The van der Waals surface area contributed by atoms with Crippen molar-refractivity contribution >= 4 is 0 Å². The van der Waals surface area contributed by atoms with Crippen LogP contribution in [0.4, 0.5) is 0 Å². The normalized spacial score (nSPS) is 17.1. The first-order valence-corrected chi connectivity index (χ1v) is 7.26. The van der Waals surface area contributed by atoms with Crippen molar-refractivity contribution in [1.82, 2.24) is 4.90 Å². The smallest absolute Gasteiger partial charge is 0.0473 e. The van der Waals surface area contributed by atoms with Crippen LogP contribution in [0.15, 0.2) is 24.3 Å². The lowest BCUT2D eigenvalue weighted by molar-refractivity contribution is 0.193. The van der Waals surface area contributed by atoms with Crippen LogP contribution in [0.25, 0.3) is 0 Å². The van der Waals surface area contributed by atoms with E-state index in [-0.39, 0.29) is 0 Å². The maximum Gasteiger partial charge on any atom is 0.0473 e. The molecule has 1 atom stereocenters. The van der Waals surface area contributed by atoms with Crippen molar-refractivity contribution in [2.75, 3.05) is 19.6 Å². The Bertz CT molecular complexity index is 371. The van der Waals surface area contributed by atoms with Crippen molar-refractivity contribution < 1.29 is 0 Å². The Kier molecular flexibility index (Phi) is 4.79. The Labute approximate surface area is 111 Å². The second kappa shape index (κ2) is 6.35. The van der Waals surface area contributed by atoms with Crippen molar-refractivity contribution in [3.63, 3.8) is 0 Å². The van der Waals surface area contributed by atoms with Crippen molar-refractivity contribution in [2.24, 2.45) is 11.7 Å². The molecule has 2 nitrogen and oxygen atoms in total. The Morgan fingerprint density at radius 1 is 1.33 bits per heavy atom. The molecular formula is C16H26N2. The van der Waals surface area contributed by atoms with Gasteiger partial charge in [0, 0.05) is 19.1 Å². The standard InChI is InChI=1S/C16H26N2/c1-3-10-18(12-14-8-9-14)16(11-17)15-7-5-4-6-13(15)2/h4-7,14,16H,3,8-12,17H2,1-2H3. The van der Waals surface area contributed by atoms with Gasteiger partial charge >= 0.3 is 0 Å². The maximum absolute atomic E-state index is 6.06. The summed E-state index contributed by atoms with van der Waals surface area (Å²) in [6.07, 6.45) is 4.02. The lowest BCUT2D eigenvalue weighted by atomic mass is 9.99. The fraction of sp³-hybridized carbons (Fsp3) is 0.625. The molecule has 0 spiro atoms. The predicted molar refractivity (Wildman–Crippen MR) is 77.6 cm³/mol. The molecule has 0 bridgehead atoms. The molecule has 100 valence electrons. The minimum atomic E-state index is 0.395. The second-order valence-electron chi connectivity index (χ2n) is 5.55. The lowest BCUT2D eigenvalue weighted by Gasteiger charge is -2.32. The van der Waals surface area contributed by atoms with Crippen LogP contribution in [0.2, 0.25) is 0 Å². The minimum Gasteiger partial charge on any atom is -0.329 e. The molecule has 0 aromatic heterocycles. The van der Waals surface area contributed by atoms with Gasteiger partial charge in [0.2, 0.25) is 0 Å². The second-order valence-corrected chi connectivity index (χ2v) is 5.55. The molecule has 1 fully saturated rings. The van der Waals surface area contributed by atoms with Gasteiger partial charge in [-0.2, -0.15) is 0 Å². The van der Waals surface area contributed by atoms with E-state index in [2.05, 4.69) is 43.0 Å². The molecule has 1 aromatic carbocycles. The van der Waals surface area contributed by atoms with Crippen LogP contribution >= 0.6 is 0 Å². The molecule has 2 N–H and O–H groups in total. The van der Waals surface area contributed by atoms with Gasteiger partial charge < -0.3 is 5.73 Å². The molecule has 0 saturated heterocycles. The molecule has 1 aliphatic carbocycles. The fourth-order valence-corrected chi connectivity index (χ4v) is 2.73. The molecule has 1 aliphatic rings. The van der Waals surface area contributed by atoms with Crippen LogP contribution in [0.3, 0.4) is 0 Å². The molecule has 1 saturated carbocycles. The third-order valence-electron chi connectivity index (χ3n) is 3.91. The van der Waals surface area contributed by atoms with Crippen molar-refractivity contribution in [2.45, 2.75) is 39.2 Å². The highest BCUT2D eigenvalue weighted by Crippen LogP contribution is 2.33. The number of hydrogen-bond donors (Lipinski definition) is 1. The molecule has 1 unspecified atom stereocenters. The third kappa shape index (κ3) is 3.33. The fourth-order valence-electron chi connectivity index (χ4n) is 2.73. The van der Waals surface area contributed by atoms with Crippen LogP contribution in [-0.4, -0.2) is 24.5 Å². The third-order valence-corrected chi connectivity index (χ3v) is 3.91. The molecule has 2 heteroatoms. The first kappa shape index (κ1) is 13.6. The summed E-state index contributed by atoms with van der Waals surface area (Å²) in [4.78, 5) is 2.60.